The molecule has 102 valence electrons. The standard InChI is InChI=1S/C13H22N2O3/c1-3-8-16-10-12-18-13-11-17-9-7-15(2)6-4-5-14/h1H,4,6-13H2,2H3. The lowest BCUT2D eigenvalue weighted by molar-refractivity contribution is 0.0168. The molecule has 0 fully saturated rings. The highest BCUT2D eigenvalue weighted by Crippen LogP contribution is 1.87. The second-order valence-corrected chi connectivity index (χ2v) is 3.69. The summed E-state index contributed by atoms with van der Waals surface area (Å²) in [6.07, 6.45) is 5.57. The SMILES string of the molecule is C#CCOCCOCCOCCN(C)CCC#N. The summed E-state index contributed by atoms with van der Waals surface area (Å²) in [5.74, 6) is 2.38. The molecule has 0 heterocycles. The highest BCUT2D eigenvalue weighted by molar-refractivity contribution is 4.82. The monoisotopic (exact) mass is 254 g/mol. The molecule has 18 heavy (non-hydrogen) atoms. The normalized spacial score (nSPS) is 10.2. The molecule has 0 atom stereocenters. The van der Waals surface area contributed by atoms with Gasteiger partial charge >= 0.3 is 0 Å². The lowest BCUT2D eigenvalue weighted by Crippen LogP contribution is -2.24. The quantitative estimate of drug-likeness (QED) is 0.375. The van der Waals surface area contributed by atoms with Gasteiger partial charge in [-0.05, 0) is 7.05 Å². The van der Waals surface area contributed by atoms with E-state index in [0.717, 1.165) is 13.1 Å². The summed E-state index contributed by atoms with van der Waals surface area (Å²) in [4.78, 5) is 2.07. The van der Waals surface area contributed by atoms with Gasteiger partial charge in [0.2, 0.25) is 0 Å². The van der Waals surface area contributed by atoms with Gasteiger partial charge in [-0.15, -0.1) is 6.42 Å². The van der Waals surface area contributed by atoms with Crippen molar-refractivity contribution in [2.45, 2.75) is 6.42 Å². The molecule has 0 spiro atoms. The summed E-state index contributed by atoms with van der Waals surface area (Å²) in [7, 11) is 1.97. The van der Waals surface area contributed by atoms with Crippen molar-refractivity contribution in [3.8, 4) is 18.4 Å². The van der Waals surface area contributed by atoms with Gasteiger partial charge in [0.15, 0.2) is 0 Å². The van der Waals surface area contributed by atoms with Gasteiger partial charge in [-0.3, -0.25) is 0 Å². The molecule has 0 N–H and O–H groups in total. The third-order valence-corrected chi connectivity index (χ3v) is 2.15. The second kappa shape index (κ2) is 14.0. The zero-order valence-corrected chi connectivity index (χ0v) is 11.1. The van der Waals surface area contributed by atoms with E-state index in [0.29, 0.717) is 46.1 Å². The van der Waals surface area contributed by atoms with E-state index < -0.39 is 0 Å². The summed E-state index contributed by atoms with van der Waals surface area (Å²) < 4.78 is 15.7. The Balaban J connectivity index is 3.07. The van der Waals surface area contributed by atoms with Crippen molar-refractivity contribution in [1.29, 1.82) is 5.26 Å². The van der Waals surface area contributed by atoms with Gasteiger partial charge in [0.25, 0.3) is 0 Å². The molecule has 0 aliphatic carbocycles. The zero-order valence-electron chi connectivity index (χ0n) is 11.1. The number of terminal acetylenes is 1. The van der Waals surface area contributed by atoms with E-state index in [2.05, 4.69) is 16.9 Å². The van der Waals surface area contributed by atoms with Crippen molar-refractivity contribution in [2.24, 2.45) is 0 Å². The molecule has 0 radical (unpaired) electrons. The van der Waals surface area contributed by atoms with Gasteiger partial charge in [-0.2, -0.15) is 5.26 Å². The van der Waals surface area contributed by atoms with Gasteiger partial charge in [0.1, 0.15) is 6.61 Å². The van der Waals surface area contributed by atoms with Crippen LogP contribution >= 0.6 is 0 Å². The first-order chi connectivity index (χ1) is 8.81. The van der Waals surface area contributed by atoms with Crippen molar-refractivity contribution in [2.75, 3.05) is 59.8 Å². The third kappa shape index (κ3) is 13.0. The molecule has 0 aromatic rings. The maximum absolute atomic E-state index is 8.42. The highest BCUT2D eigenvalue weighted by Gasteiger charge is 1.97. The van der Waals surface area contributed by atoms with Gasteiger partial charge in [0.05, 0.1) is 39.1 Å². The number of rotatable bonds is 12. The average Bonchev–Trinajstić information content (AvgIpc) is 2.38. The maximum atomic E-state index is 8.42. The number of hydrogen-bond donors (Lipinski definition) is 0. The van der Waals surface area contributed by atoms with Crippen LogP contribution in [0.2, 0.25) is 0 Å². The zero-order chi connectivity index (χ0) is 13.5. The van der Waals surface area contributed by atoms with E-state index >= 15 is 0 Å². The Bertz CT molecular complexity index is 258. The number of likely N-dealkylation sites (N-methyl/N-ethyl adjacent to an activating group) is 1. The van der Waals surface area contributed by atoms with Crippen LogP contribution in [0.5, 0.6) is 0 Å². The summed E-state index contributed by atoms with van der Waals surface area (Å²) in [5, 5.41) is 8.42. The van der Waals surface area contributed by atoms with Crippen LogP contribution in [0, 0.1) is 23.7 Å². The molecule has 0 saturated carbocycles. The van der Waals surface area contributed by atoms with Crippen molar-refractivity contribution in [1.82, 2.24) is 4.90 Å². The van der Waals surface area contributed by atoms with Crippen molar-refractivity contribution in [3.05, 3.63) is 0 Å². The minimum Gasteiger partial charge on any atom is -0.378 e. The van der Waals surface area contributed by atoms with Crippen LogP contribution in [0.3, 0.4) is 0 Å². The Morgan fingerprint density at radius 2 is 1.61 bits per heavy atom. The van der Waals surface area contributed by atoms with E-state index in [4.69, 9.17) is 25.9 Å². The Hall–Kier alpha value is -1.11. The summed E-state index contributed by atoms with van der Waals surface area (Å²) >= 11 is 0. The molecule has 0 aromatic carbocycles. The largest absolute Gasteiger partial charge is 0.378 e. The molecule has 0 aliphatic rings. The smallest absolute Gasteiger partial charge is 0.107 e. The van der Waals surface area contributed by atoms with Crippen molar-refractivity contribution < 1.29 is 14.2 Å². The minimum atomic E-state index is 0.328. The molecule has 5 nitrogen and oxygen atoms in total. The van der Waals surface area contributed by atoms with Crippen LogP contribution in [0.4, 0.5) is 0 Å². The first-order valence-corrected chi connectivity index (χ1v) is 6.03. The van der Waals surface area contributed by atoms with Crippen molar-refractivity contribution in [3.63, 3.8) is 0 Å². The number of ether oxygens (including phenoxy) is 3. The third-order valence-electron chi connectivity index (χ3n) is 2.15. The lowest BCUT2D eigenvalue weighted by atomic mass is 10.4. The predicted octanol–water partition coefficient (Wildman–Crippen LogP) is 0.515. The average molecular weight is 254 g/mol. The molecule has 0 bridgehead atoms. The minimum absolute atomic E-state index is 0.328. The van der Waals surface area contributed by atoms with Crippen LogP contribution in [0.1, 0.15) is 6.42 Å². The number of nitriles is 1. The van der Waals surface area contributed by atoms with Gasteiger partial charge in [0, 0.05) is 19.5 Å². The van der Waals surface area contributed by atoms with E-state index in [9.17, 15) is 0 Å². The predicted molar refractivity (Wildman–Crippen MR) is 69.0 cm³/mol. The lowest BCUT2D eigenvalue weighted by Gasteiger charge is -2.14. The van der Waals surface area contributed by atoms with Crippen LogP contribution < -0.4 is 0 Å². The first-order valence-electron chi connectivity index (χ1n) is 6.03. The van der Waals surface area contributed by atoms with Crippen LogP contribution in [-0.2, 0) is 14.2 Å². The molecule has 5 heteroatoms. The fourth-order valence-electron chi connectivity index (χ4n) is 1.14. The molecule has 0 aromatic heterocycles. The summed E-state index contributed by atoms with van der Waals surface area (Å²) in [5.41, 5.74) is 0. The summed E-state index contributed by atoms with van der Waals surface area (Å²) in [6, 6.07) is 2.11. The van der Waals surface area contributed by atoms with Crippen LogP contribution in [-0.4, -0.2) is 64.7 Å². The topological polar surface area (TPSA) is 54.7 Å². The van der Waals surface area contributed by atoms with Gasteiger partial charge < -0.3 is 19.1 Å². The summed E-state index contributed by atoms with van der Waals surface area (Å²) in [6.45, 7) is 4.76. The van der Waals surface area contributed by atoms with E-state index in [1.807, 2.05) is 7.05 Å². The molecule has 0 unspecified atom stereocenters. The Morgan fingerprint density at radius 3 is 2.22 bits per heavy atom. The fraction of sp³-hybridized carbons (Fsp3) is 0.769. The molecule has 0 saturated heterocycles. The van der Waals surface area contributed by atoms with E-state index in [1.165, 1.54) is 0 Å². The molecule has 0 aliphatic heterocycles. The second-order valence-electron chi connectivity index (χ2n) is 3.69. The van der Waals surface area contributed by atoms with E-state index in [-0.39, 0.29) is 0 Å². The molecular weight excluding hydrogens is 232 g/mol. The van der Waals surface area contributed by atoms with Gasteiger partial charge in [-0.25, -0.2) is 0 Å². The van der Waals surface area contributed by atoms with Crippen molar-refractivity contribution >= 4 is 0 Å². The maximum Gasteiger partial charge on any atom is 0.107 e. The molecule has 0 amide bonds. The first kappa shape index (κ1) is 16.9. The van der Waals surface area contributed by atoms with E-state index in [1.54, 1.807) is 0 Å². The number of hydrogen-bond acceptors (Lipinski definition) is 5. The Morgan fingerprint density at radius 1 is 1.00 bits per heavy atom. The molecule has 0 rings (SSSR count). The molecular formula is C13H22N2O3. The van der Waals surface area contributed by atoms with Crippen LogP contribution in [0.25, 0.3) is 0 Å². The highest BCUT2D eigenvalue weighted by atomic mass is 16.5. The fourth-order valence-corrected chi connectivity index (χ4v) is 1.14. The van der Waals surface area contributed by atoms with Gasteiger partial charge in [-0.1, -0.05) is 5.92 Å². The Kier molecular flexibility index (Phi) is 13.1. The van der Waals surface area contributed by atoms with Crippen LogP contribution in [0.15, 0.2) is 0 Å². The number of nitrogens with zero attached hydrogens (tertiary/aromatic N) is 2. The Labute approximate surface area is 110 Å².